The second kappa shape index (κ2) is 10.2. The highest BCUT2D eigenvalue weighted by Crippen LogP contribution is 2.33. The Hall–Kier alpha value is -3.91. The van der Waals surface area contributed by atoms with Crippen LogP contribution in [-0.4, -0.2) is 76.0 Å². The fraction of sp³-hybridized carbons (Fsp3) is 0.345. The zero-order valence-corrected chi connectivity index (χ0v) is 21.5. The number of nitrogens with zero attached hydrogens (tertiary/aromatic N) is 4. The molecule has 2 heterocycles. The first kappa shape index (κ1) is 24.8. The molecule has 2 fully saturated rings. The monoisotopic (exact) mass is 499 g/mol. The number of hydrogen-bond donors (Lipinski definition) is 1. The van der Waals surface area contributed by atoms with Crippen LogP contribution in [0.3, 0.4) is 0 Å². The molecule has 5 rings (SSSR count). The minimum atomic E-state index is -0.711. The summed E-state index contributed by atoms with van der Waals surface area (Å²) in [5.41, 5.74) is 2.00. The van der Waals surface area contributed by atoms with Crippen LogP contribution in [0, 0.1) is 0 Å². The van der Waals surface area contributed by atoms with Gasteiger partial charge in [0.2, 0.25) is 11.8 Å². The number of benzene rings is 3. The Bertz CT molecular complexity index is 1310. The SMILES string of the molecule is CCNC(=O)N1C2[C@H](C)N(Cc3cccc4ccccc34)C(=O)[C@H](Cc3ccccc3)N2C(=O)CN1C. The molecule has 8 heteroatoms. The molecule has 0 radical (unpaired) electrons. The van der Waals surface area contributed by atoms with E-state index < -0.39 is 18.2 Å². The van der Waals surface area contributed by atoms with Crippen LogP contribution in [0.2, 0.25) is 0 Å². The van der Waals surface area contributed by atoms with E-state index in [4.69, 9.17) is 0 Å². The first-order valence-corrected chi connectivity index (χ1v) is 12.8. The van der Waals surface area contributed by atoms with Gasteiger partial charge >= 0.3 is 6.03 Å². The number of hydrazine groups is 1. The third-order valence-electron chi connectivity index (χ3n) is 7.41. The van der Waals surface area contributed by atoms with Gasteiger partial charge in [-0.25, -0.2) is 14.8 Å². The van der Waals surface area contributed by atoms with Crippen molar-refractivity contribution in [2.45, 2.75) is 45.1 Å². The number of urea groups is 1. The van der Waals surface area contributed by atoms with E-state index in [0.29, 0.717) is 19.5 Å². The van der Waals surface area contributed by atoms with Crippen molar-refractivity contribution in [1.82, 2.24) is 25.1 Å². The van der Waals surface area contributed by atoms with Crippen LogP contribution in [0.15, 0.2) is 72.8 Å². The number of hydrogen-bond acceptors (Lipinski definition) is 4. The van der Waals surface area contributed by atoms with Crippen LogP contribution < -0.4 is 5.32 Å². The summed E-state index contributed by atoms with van der Waals surface area (Å²) in [6, 6.07) is 22.6. The molecule has 2 saturated heterocycles. The lowest BCUT2D eigenvalue weighted by Crippen LogP contribution is -2.78. The standard InChI is InChI=1S/C29H33N5O3/c1-4-30-29(37)34-27-20(2)32(18-23-15-10-14-22-13-8-9-16-24(22)23)28(36)25(17-21-11-6-5-7-12-21)33(27)26(35)19-31(34)3/h5-16,20,25,27H,4,17-19H2,1-3H3,(H,30,37)/t20-,25-,27?/m0/s1. The Balaban J connectivity index is 1.58. The molecule has 3 aromatic carbocycles. The van der Waals surface area contributed by atoms with E-state index in [0.717, 1.165) is 21.9 Å². The first-order chi connectivity index (χ1) is 17.9. The normalized spacial score (nSPS) is 22.4. The molecule has 0 saturated carbocycles. The summed E-state index contributed by atoms with van der Waals surface area (Å²) < 4.78 is 0. The van der Waals surface area contributed by atoms with Crippen LogP contribution in [0.4, 0.5) is 4.79 Å². The molecular weight excluding hydrogens is 466 g/mol. The number of piperazine rings is 1. The van der Waals surface area contributed by atoms with Crippen molar-refractivity contribution in [3.05, 3.63) is 83.9 Å². The lowest BCUT2D eigenvalue weighted by atomic mass is 9.94. The summed E-state index contributed by atoms with van der Waals surface area (Å²) in [5, 5.41) is 8.35. The molecule has 192 valence electrons. The van der Waals surface area contributed by atoms with Crippen molar-refractivity contribution < 1.29 is 14.4 Å². The smallest absolute Gasteiger partial charge is 0.333 e. The minimum absolute atomic E-state index is 0.0300. The molecule has 0 spiro atoms. The van der Waals surface area contributed by atoms with Gasteiger partial charge in [-0.2, -0.15) is 0 Å². The van der Waals surface area contributed by atoms with Gasteiger partial charge in [0, 0.05) is 26.6 Å². The Labute approximate surface area is 217 Å². The van der Waals surface area contributed by atoms with Crippen LogP contribution >= 0.6 is 0 Å². The summed E-state index contributed by atoms with van der Waals surface area (Å²) in [6.07, 6.45) is -0.243. The molecule has 3 aromatic rings. The van der Waals surface area contributed by atoms with Gasteiger partial charge in [0.15, 0.2) is 0 Å². The maximum atomic E-state index is 14.2. The van der Waals surface area contributed by atoms with E-state index in [1.165, 1.54) is 0 Å². The van der Waals surface area contributed by atoms with Gasteiger partial charge < -0.3 is 15.1 Å². The van der Waals surface area contributed by atoms with Crippen LogP contribution in [0.1, 0.15) is 25.0 Å². The number of carbonyl (C=O) groups excluding carboxylic acids is 3. The highest BCUT2D eigenvalue weighted by Gasteiger charge is 2.54. The molecule has 37 heavy (non-hydrogen) atoms. The van der Waals surface area contributed by atoms with Crippen molar-refractivity contribution >= 4 is 28.6 Å². The van der Waals surface area contributed by atoms with Gasteiger partial charge in [-0.3, -0.25) is 9.59 Å². The number of rotatable bonds is 5. The van der Waals surface area contributed by atoms with E-state index in [9.17, 15) is 14.4 Å². The number of likely N-dealkylation sites (N-methyl/N-ethyl adjacent to an activating group) is 1. The molecule has 0 bridgehead atoms. The number of fused-ring (bicyclic) bond motifs is 2. The van der Waals surface area contributed by atoms with Gasteiger partial charge in [-0.15, -0.1) is 0 Å². The van der Waals surface area contributed by atoms with Crippen LogP contribution in [-0.2, 0) is 22.6 Å². The lowest BCUT2D eigenvalue weighted by Gasteiger charge is -2.57. The van der Waals surface area contributed by atoms with E-state index in [1.54, 1.807) is 22.0 Å². The van der Waals surface area contributed by atoms with Crippen LogP contribution in [0.25, 0.3) is 10.8 Å². The third kappa shape index (κ3) is 4.53. The Morgan fingerprint density at radius 3 is 2.43 bits per heavy atom. The third-order valence-corrected chi connectivity index (χ3v) is 7.41. The molecule has 0 aliphatic carbocycles. The molecule has 4 amide bonds. The largest absolute Gasteiger partial charge is 0.337 e. The maximum Gasteiger partial charge on any atom is 0.333 e. The lowest BCUT2D eigenvalue weighted by molar-refractivity contribution is -0.196. The van der Waals surface area contributed by atoms with Crippen LogP contribution in [0.5, 0.6) is 0 Å². The summed E-state index contributed by atoms with van der Waals surface area (Å²) >= 11 is 0. The van der Waals surface area contributed by atoms with Gasteiger partial charge in [-0.05, 0) is 35.7 Å². The van der Waals surface area contributed by atoms with Gasteiger partial charge in [0.05, 0.1) is 12.6 Å². The van der Waals surface area contributed by atoms with Gasteiger partial charge in [0.25, 0.3) is 0 Å². The van der Waals surface area contributed by atoms with E-state index >= 15 is 0 Å². The molecule has 1 unspecified atom stereocenters. The highest BCUT2D eigenvalue weighted by molar-refractivity contribution is 5.92. The van der Waals surface area contributed by atoms with E-state index in [1.807, 2.05) is 73.3 Å². The van der Waals surface area contributed by atoms with Crippen molar-refractivity contribution in [3.8, 4) is 0 Å². The highest BCUT2D eigenvalue weighted by atomic mass is 16.2. The summed E-state index contributed by atoms with van der Waals surface area (Å²) in [7, 11) is 1.74. The molecule has 3 atom stereocenters. The Morgan fingerprint density at radius 1 is 0.973 bits per heavy atom. The fourth-order valence-electron chi connectivity index (χ4n) is 5.65. The predicted octanol–water partition coefficient (Wildman–Crippen LogP) is 3.23. The molecular formula is C29H33N5O3. The van der Waals surface area contributed by atoms with E-state index in [-0.39, 0.29) is 24.4 Å². The van der Waals surface area contributed by atoms with Crippen molar-refractivity contribution in [3.63, 3.8) is 0 Å². The zero-order valence-electron chi connectivity index (χ0n) is 21.5. The van der Waals surface area contributed by atoms with Gasteiger partial charge in [0.1, 0.15) is 12.2 Å². The van der Waals surface area contributed by atoms with Crippen molar-refractivity contribution in [2.75, 3.05) is 20.1 Å². The average molecular weight is 500 g/mol. The second-order valence-electron chi connectivity index (χ2n) is 9.76. The second-order valence-corrected chi connectivity index (χ2v) is 9.76. The van der Waals surface area contributed by atoms with Gasteiger partial charge in [-0.1, -0.05) is 72.8 Å². The molecule has 8 nitrogen and oxygen atoms in total. The molecule has 1 N–H and O–H groups in total. The first-order valence-electron chi connectivity index (χ1n) is 12.8. The molecule has 0 aromatic heterocycles. The fourth-order valence-corrected chi connectivity index (χ4v) is 5.65. The Morgan fingerprint density at radius 2 is 1.68 bits per heavy atom. The number of amides is 4. The molecule has 2 aliphatic heterocycles. The maximum absolute atomic E-state index is 14.2. The van der Waals surface area contributed by atoms with Crippen molar-refractivity contribution in [2.24, 2.45) is 0 Å². The quantitative estimate of drug-likeness (QED) is 0.585. The molecule has 2 aliphatic rings. The zero-order chi connectivity index (χ0) is 26.1. The summed E-state index contributed by atoms with van der Waals surface area (Å²) in [4.78, 5) is 44.3. The van der Waals surface area contributed by atoms with E-state index in [2.05, 4.69) is 23.5 Å². The summed E-state index contributed by atoms with van der Waals surface area (Å²) in [5.74, 6) is -0.256. The predicted molar refractivity (Wildman–Crippen MR) is 142 cm³/mol. The summed E-state index contributed by atoms with van der Waals surface area (Å²) in [6.45, 7) is 4.67. The topological polar surface area (TPSA) is 76.2 Å². The average Bonchev–Trinajstić information content (AvgIpc) is 2.89. The number of nitrogens with one attached hydrogen (secondary N) is 1. The minimum Gasteiger partial charge on any atom is -0.337 e. The Kier molecular flexibility index (Phi) is 6.84. The number of carbonyl (C=O) groups is 3. The van der Waals surface area contributed by atoms with Crippen molar-refractivity contribution in [1.29, 1.82) is 0 Å².